The molecule has 0 bridgehead atoms. The number of benzene rings is 1. The molecule has 0 atom stereocenters. The Hall–Kier alpha value is -0.780. The van der Waals surface area contributed by atoms with Crippen LogP contribution in [0.4, 0.5) is 0 Å². The molecule has 23 heavy (non-hydrogen) atoms. The van der Waals surface area contributed by atoms with Crippen molar-refractivity contribution in [1.82, 2.24) is 0 Å². The Bertz CT molecular complexity index is 419. The highest BCUT2D eigenvalue weighted by molar-refractivity contribution is 5.19. The SMILES string of the molecule is CCC[C@H]1CC[C@H](CCC2CCC(c3ccccc3)CC2)CC1. The van der Waals surface area contributed by atoms with E-state index in [-0.39, 0.29) is 0 Å². The van der Waals surface area contributed by atoms with Crippen molar-refractivity contribution in [1.29, 1.82) is 0 Å². The molecule has 0 aliphatic heterocycles. The first kappa shape index (κ1) is 17.1. The number of rotatable bonds is 6. The Kier molecular flexibility index (Phi) is 6.60. The lowest BCUT2D eigenvalue weighted by Gasteiger charge is -2.32. The minimum absolute atomic E-state index is 0.844. The molecule has 128 valence electrons. The van der Waals surface area contributed by atoms with Crippen molar-refractivity contribution in [2.24, 2.45) is 17.8 Å². The maximum atomic E-state index is 2.35. The van der Waals surface area contributed by atoms with Crippen molar-refractivity contribution in [2.75, 3.05) is 0 Å². The van der Waals surface area contributed by atoms with Crippen LogP contribution < -0.4 is 0 Å². The zero-order valence-corrected chi connectivity index (χ0v) is 15.2. The minimum Gasteiger partial charge on any atom is -0.0654 e. The van der Waals surface area contributed by atoms with Crippen LogP contribution in [-0.2, 0) is 0 Å². The van der Waals surface area contributed by atoms with Crippen LogP contribution in [-0.4, -0.2) is 0 Å². The third kappa shape index (κ3) is 5.10. The first-order chi connectivity index (χ1) is 11.3. The smallest absolute Gasteiger partial charge is 0.0162 e. The zero-order chi connectivity index (χ0) is 15.9. The fraction of sp³-hybridized carbons (Fsp3) is 0.739. The summed E-state index contributed by atoms with van der Waals surface area (Å²) in [5.41, 5.74) is 1.58. The summed E-state index contributed by atoms with van der Waals surface area (Å²) in [4.78, 5) is 0. The van der Waals surface area contributed by atoms with E-state index >= 15 is 0 Å². The summed E-state index contributed by atoms with van der Waals surface area (Å²) in [6, 6.07) is 11.2. The lowest BCUT2D eigenvalue weighted by molar-refractivity contribution is 0.224. The summed E-state index contributed by atoms with van der Waals surface area (Å²) in [6.45, 7) is 2.35. The van der Waals surface area contributed by atoms with E-state index in [0.717, 1.165) is 23.7 Å². The van der Waals surface area contributed by atoms with E-state index in [4.69, 9.17) is 0 Å². The molecule has 0 N–H and O–H groups in total. The topological polar surface area (TPSA) is 0 Å². The number of hydrogen-bond acceptors (Lipinski definition) is 0. The lowest BCUT2D eigenvalue weighted by atomic mass is 9.74. The van der Waals surface area contributed by atoms with Gasteiger partial charge in [-0.25, -0.2) is 0 Å². The molecule has 0 heterocycles. The van der Waals surface area contributed by atoms with Gasteiger partial charge in [-0.2, -0.15) is 0 Å². The summed E-state index contributed by atoms with van der Waals surface area (Å²) < 4.78 is 0. The minimum atomic E-state index is 0.844. The average molecular weight is 313 g/mol. The van der Waals surface area contributed by atoms with Gasteiger partial charge in [0.2, 0.25) is 0 Å². The summed E-state index contributed by atoms with van der Waals surface area (Å²) in [5, 5.41) is 0. The fourth-order valence-corrected chi connectivity index (χ4v) is 5.20. The third-order valence-corrected chi connectivity index (χ3v) is 6.76. The molecule has 0 spiro atoms. The van der Waals surface area contributed by atoms with Gasteiger partial charge >= 0.3 is 0 Å². The van der Waals surface area contributed by atoms with E-state index in [2.05, 4.69) is 37.3 Å². The van der Waals surface area contributed by atoms with Gasteiger partial charge in [-0.05, 0) is 54.9 Å². The maximum Gasteiger partial charge on any atom is -0.0162 e. The molecule has 3 rings (SSSR count). The molecule has 0 nitrogen and oxygen atoms in total. The van der Waals surface area contributed by atoms with Crippen molar-refractivity contribution in [3.05, 3.63) is 35.9 Å². The molecule has 1 aromatic carbocycles. The third-order valence-electron chi connectivity index (χ3n) is 6.76. The van der Waals surface area contributed by atoms with Gasteiger partial charge in [-0.15, -0.1) is 0 Å². The van der Waals surface area contributed by atoms with Crippen LogP contribution in [0.2, 0.25) is 0 Å². The standard InChI is InChI=1S/C23H36/c1-2-6-19-9-11-20(12-10-19)13-14-21-15-17-23(18-16-21)22-7-4-3-5-8-22/h3-5,7-8,19-21,23H,2,6,9-18H2,1H3/t19-,20-,21?,23?. The second-order valence-corrected chi connectivity index (χ2v) is 8.38. The van der Waals surface area contributed by atoms with Gasteiger partial charge in [0.1, 0.15) is 0 Å². The molecule has 2 aliphatic carbocycles. The van der Waals surface area contributed by atoms with Crippen molar-refractivity contribution in [3.8, 4) is 0 Å². The molecule has 1 aromatic rings. The summed E-state index contributed by atoms with van der Waals surface area (Å²) in [6.07, 6.45) is 17.8. The summed E-state index contributed by atoms with van der Waals surface area (Å²) in [7, 11) is 0. The second kappa shape index (κ2) is 8.90. The zero-order valence-electron chi connectivity index (χ0n) is 15.2. The van der Waals surface area contributed by atoms with Crippen LogP contribution in [0.15, 0.2) is 30.3 Å². The molecular weight excluding hydrogens is 276 g/mol. The largest absolute Gasteiger partial charge is 0.0654 e. The molecule has 0 amide bonds. The van der Waals surface area contributed by atoms with E-state index in [1.165, 1.54) is 77.0 Å². The van der Waals surface area contributed by atoms with Gasteiger partial charge in [-0.1, -0.05) is 88.6 Å². The predicted octanol–water partition coefficient (Wildman–Crippen LogP) is 7.35. The molecule has 0 radical (unpaired) electrons. The fourth-order valence-electron chi connectivity index (χ4n) is 5.20. The number of hydrogen-bond donors (Lipinski definition) is 0. The monoisotopic (exact) mass is 312 g/mol. The van der Waals surface area contributed by atoms with Crippen LogP contribution in [0.25, 0.3) is 0 Å². The average Bonchev–Trinajstić information content (AvgIpc) is 2.63. The maximum absolute atomic E-state index is 2.35. The first-order valence-corrected chi connectivity index (χ1v) is 10.4. The molecule has 0 heteroatoms. The van der Waals surface area contributed by atoms with E-state index in [1.807, 2.05) is 0 Å². The molecule has 2 saturated carbocycles. The Labute approximate surface area is 144 Å². The Morgan fingerprint density at radius 3 is 1.65 bits per heavy atom. The van der Waals surface area contributed by atoms with Gasteiger partial charge in [-0.3, -0.25) is 0 Å². The van der Waals surface area contributed by atoms with Crippen LogP contribution in [0.3, 0.4) is 0 Å². The van der Waals surface area contributed by atoms with Gasteiger partial charge in [0.15, 0.2) is 0 Å². The lowest BCUT2D eigenvalue weighted by Crippen LogP contribution is -2.17. The van der Waals surface area contributed by atoms with Gasteiger partial charge in [0, 0.05) is 0 Å². The van der Waals surface area contributed by atoms with E-state index in [9.17, 15) is 0 Å². The van der Waals surface area contributed by atoms with Crippen LogP contribution in [0.5, 0.6) is 0 Å². The normalized spacial score (nSPS) is 31.9. The van der Waals surface area contributed by atoms with Crippen LogP contribution in [0.1, 0.15) is 95.5 Å². The highest BCUT2D eigenvalue weighted by atomic mass is 14.3. The van der Waals surface area contributed by atoms with Gasteiger partial charge in [0.25, 0.3) is 0 Å². The van der Waals surface area contributed by atoms with Gasteiger partial charge < -0.3 is 0 Å². The summed E-state index contributed by atoms with van der Waals surface area (Å²) in [5.74, 6) is 4.01. The Morgan fingerprint density at radius 1 is 0.652 bits per heavy atom. The highest BCUT2D eigenvalue weighted by Crippen LogP contribution is 2.40. The molecule has 0 aromatic heterocycles. The molecule has 0 saturated heterocycles. The predicted molar refractivity (Wildman–Crippen MR) is 101 cm³/mol. The highest BCUT2D eigenvalue weighted by Gasteiger charge is 2.25. The second-order valence-electron chi connectivity index (χ2n) is 8.38. The molecule has 2 aliphatic rings. The molecule has 0 unspecified atom stereocenters. The first-order valence-electron chi connectivity index (χ1n) is 10.4. The van der Waals surface area contributed by atoms with E-state index < -0.39 is 0 Å². The van der Waals surface area contributed by atoms with Crippen LogP contribution in [0, 0.1) is 17.8 Å². The quantitative estimate of drug-likeness (QED) is 0.515. The van der Waals surface area contributed by atoms with Crippen molar-refractivity contribution in [2.45, 2.75) is 89.9 Å². The van der Waals surface area contributed by atoms with Crippen molar-refractivity contribution in [3.63, 3.8) is 0 Å². The van der Waals surface area contributed by atoms with Crippen LogP contribution >= 0.6 is 0 Å². The molecule has 2 fully saturated rings. The Morgan fingerprint density at radius 2 is 1.13 bits per heavy atom. The molecular formula is C23H36. The van der Waals surface area contributed by atoms with Crippen molar-refractivity contribution >= 4 is 0 Å². The van der Waals surface area contributed by atoms with Crippen molar-refractivity contribution < 1.29 is 0 Å². The van der Waals surface area contributed by atoms with Gasteiger partial charge in [0.05, 0.1) is 0 Å². The van der Waals surface area contributed by atoms with E-state index in [1.54, 1.807) is 5.56 Å². The van der Waals surface area contributed by atoms with E-state index in [0.29, 0.717) is 0 Å². The Balaban J connectivity index is 1.34. The summed E-state index contributed by atoms with van der Waals surface area (Å²) >= 11 is 0.